The molecular formula is C22H30N2NiO6. The molecule has 0 aromatic carbocycles. The molecule has 8 nitrogen and oxygen atoms in total. The van der Waals surface area contributed by atoms with E-state index in [-0.39, 0.29) is 54.5 Å². The minimum Gasteiger partial charge on any atom is -0.394 e. The van der Waals surface area contributed by atoms with Crippen molar-refractivity contribution >= 4 is 11.6 Å². The largest absolute Gasteiger partial charge is 0.394 e. The number of hydrogen-bond donors (Lipinski definition) is 6. The predicted octanol–water partition coefficient (Wildman–Crippen LogP) is -0.206. The van der Waals surface area contributed by atoms with Gasteiger partial charge in [0.05, 0.1) is 37.5 Å². The van der Waals surface area contributed by atoms with Crippen LogP contribution in [0, 0.1) is 0 Å². The van der Waals surface area contributed by atoms with Gasteiger partial charge in [-0.05, 0) is 38.2 Å². The number of ketones is 2. The molecule has 0 amide bonds. The summed E-state index contributed by atoms with van der Waals surface area (Å²) in [4.78, 5) is 22.6. The summed E-state index contributed by atoms with van der Waals surface area (Å²) in [5, 5.41) is 41.7. The molecule has 174 valence electrons. The van der Waals surface area contributed by atoms with E-state index in [1.807, 2.05) is 0 Å². The Bertz CT molecular complexity index is 722. The first kappa shape index (κ1) is 28.7. The van der Waals surface area contributed by atoms with E-state index in [4.69, 9.17) is 20.4 Å². The molecule has 2 aliphatic carbocycles. The van der Waals surface area contributed by atoms with Gasteiger partial charge in [0.15, 0.2) is 11.6 Å². The summed E-state index contributed by atoms with van der Waals surface area (Å²) in [7, 11) is 0. The van der Waals surface area contributed by atoms with Crippen molar-refractivity contribution in [2.24, 2.45) is 0 Å². The van der Waals surface area contributed by atoms with Crippen LogP contribution in [0.3, 0.4) is 0 Å². The first-order valence-corrected chi connectivity index (χ1v) is 9.40. The van der Waals surface area contributed by atoms with Gasteiger partial charge < -0.3 is 31.1 Å². The Morgan fingerprint density at radius 2 is 0.968 bits per heavy atom. The molecule has 6 N–H and O–H groups in total. The minimum absolute atomic E-state index is 0. The number of hydrogen-bond acceptors (Lipinski definition) is 8. The second-order valence-corrected chi connectivity index (χ2v) is 7.41. The molecule has 0 fully saturated rings. The van der Waals surface area contributed by atoms with Gasteiger partial charge in [-0.25, -0.2) is 0 Å². The van der Waals surface area contributed by atoms with Crippen LogP contribution in [0.4, 0.5) is 0 Å². The number of allylic oxidation sites excluding steroid dienone is 10. The van der Waals surface area contributed by atoms with Crippen molar-refractivity contribution in [1.29, 1.82) is 0 Å². The molecule has 31 heavy (non-hydrogen) atoms. The fraction of sp³-hybridized carbons (Fsp3) is 0.364. The molecule has 0 aliphatic heterocycles. The second-order valence-electron chi connectivity index (χ2n) is 7.41. The standard InChI is InChI=1S/2C11H15NO3.Ni/c2*1-11(7-13,8-14)12-6-9-4-2-3-5-10(9)15;/h2*2-6,12-14H,7-8H2,1H3;. The maximum atomic E-state index is 11.3. The van der Waals surface area contributed by atoms with Gasteiger partial charge in [0.25, 0.3) is 0 Å². The van der Waals surface area contributed by atoms with Gasteiger partial charge in [-0.1, -0.05) is 24.3 Å². The van der Waals surface area contributed by atoms with Crippen LogP contribution in [0.25, 0.3) is 0 Å². The third kappa shape index (κ3) is 9.59. The van der Waals surface area contributed by atoms with Crippen LogP contribution in [0.15, 0.2) is 72.2 Å². The summed E-state index contributed by atoms with van der Waals surface area (Å²) in [5.74, 6) is -0.188. The molecule has 0 unspecified atom stereocenters. The zero-order valence-corrected chi connectivity index (χ0v) is 18.5. The number of aliphatic hydroxyl groups excluding tert-OH is 4. The molecular weight excluding hydrogens is 447 g/mol. The van der Waals surface area contributed by atoms with Gasteiger partial charge in [0, 0.05) is 40.0 Å². The van der Waals surface area contributed by atoms with Crippen LogP contribution in [0.2, 0.25) is 0 Å². The number of rotatable bonds is 8. The van der Waals surface area contributed by atoms with Crippen LogP contribution in [0.1, 0.15) is 13.8 Å². The normalized spacial score (nSPS) is 18.0. The summed E-state index contributed by atoms with van der Waals surface area (Å²) in [6, 6.07) is 0. The molecule has 0 saturated carbocycles. The molecule has 0 aromatic heterocycles. The van der Waals surface area contributed by atoms with Crippen molar-refractivity contribution in [2.45, 2.75) is 24.9 Å². The predicted molar refractivity (Wildman–Crippen MR) is 114 cm³/mol. The van der Waals surface area contributed by atoms with Crippen molar-refractivity contribution in [3.63, 3.8) is 0 Å². The smallest absolute Gasteiger partial charge is 0.187 e. The Morgan fingerprint density at radius 3 is 1.23 bits per heavy atom. The summed E-state index contributed by atoms with van der Waals surface area (Å²) in [6.45, 7) is 2.50. The first-order chi connectivity index (χ1) is 14.2. The average Bonchev–Trinajstić information content (AvgIpc) is 2.78. The first-order valence-electron chi connectivity index (χ1n) is 9.40. The maximum Gasteiger partial charge on any atom is 0.187 e. The van der Waals surface area contributed by atoms with Gasteiger partial charge in [0.2, 0.25) is 0 Å². The number of nitrogens with one attached hydrogen (secondary N) is 2. The summed E-state index contributed by atoms with van der Waals surface area (Å²) < 4.78 is 0. The maximum absolute atomic E-state index is 11.3. The summed E-state index contributed by atoms with van der Waals surface area (Å²) in [5.41, 5.74) is -0.596. The van der Waals surface area contributed by atoms with Gasteiger partial charge >= 0.3 is 0 Å². The van der Waals surface area contributed by atoms with Crippen LogP contribution in [0.5, 0.6) is 0 Å². The van der Waals surface area contributed by atoms with E-state index in [1.54, 1.807) is 50.3 Å². The van der Waals surface area contributed by atoms with Gasteiger partial charge in [-0.15, -0.1) is 0 Å². The molecule has 0 aromatic rings. The Labute approximate surface area is 192 Å². The Balaban J connectivity index is 0.000000562. The molecule has 0 heterocycles. The fourth-order valence-electron chi connectivity index (χ4n) is 1.99. The van der Waals surface area contributed by atoms with Gasteiger partial charge in [-0.3, -0.25) is 9.59 Å². The van der Waals surface area contributed by atoms with E-state index in [2.05, 4.69) is 10.6 Å². The van der Waals surface area contributed by atoms with Crippen molar-refractivity contribution in [1.82, 2.24) is 10.6 Å². The zero-order chi connectivity index (χ0) is 22.6. The van der Waals surface area contributed by atoms with E-state index in [0.29, 0.717) is 11.1 Å². The molecule has 9 heteroatoms. The van der Waals surface area contributed by atoms with Crippen molar-refractivity contribution in [3.8, 4) is 0 Å². The zero-order valence-electron chi connectivity index (χ0n) is 17.5. The van der Waals surface area contributed by atoms with Crippen LogP contribution in [-0.4, -0.2) is 69.5 Å². The van der Waals surface area contributed by atoms with E-state index in [1.165, 1.54) is 24.6 Å². The third-order valence-corrected chi connectivity index (χ3v) is 4.39. The molecule has 2 aliphatic rings. The minimum atomic E-state index is -0.803. The molecule has 0 saturated heterocycles. The van der Waals surface area contributed by atoms with E-state index < -0.39 is 11.1 Å². The Morgan fingerprint density at radius 1 is 0.677 bits per heavy atom. The van der Waals surface area contributed by atoms with E-state index in [9.17, 15) is 9.59 Å². The van der Waals surface area contributed by atoms with Crippen LogP contribution < -0.4 is 10.6 Å². The number of carbonyl (C=O) groups excluding carboxylic acids is 2. The monoisotopic (exact) mass is 476 g/mol. The van der Waals surface area contributed by atoms with Gasteiger partial charge in [0.1, 0.15) is 0 Å². The molecule has 0 radical (unpaired) electrons. The second kappa shape index (κ2) is 13.9. The van der Waals surface area contributed by atoms with Crippen molar-refractivity contribution in [3.05, 3.63) is 72.2 Å². The molecule has 2 rings (SSSR count). The van der Waals surface area contributed by atoms with Crippen molar-refractivity contribution < 1.29 is 46.5 Å². The average molecular weight is 477 g/mol. The number of carbonyl (C=O) groups is 2. The van der Waals surface area contributed by atoms with Gasteiger partial charge in [-0.2, -0.15) is 0 Å². The molecule has 0 atom stereocenters. The topological polar surface area (TPSA) is 139 Å². The van der Waals surface area contributed by atoms with E-state index >= 15 is 0 Å². The van der Waals surface area contributed by atoms with E-state index in [0.717, 1.165) is 0 Å². The van der Waals surface area contributed by atoms with Crippen LogP contribution in [-0.2, 0) is 26.1 Å². The number of aliphatic hydroxyl groups is 4. The summed E-state index contributed by atoms with van der Waals surface area (Å²) in [6.07, 6.45) is 16.1. The summed E-state index contributed by atoms with van der Waals surface area (Å²) >= 11 is 0. The third-order valence-electron chi connectivity index (χ3n) is 4.39. The molecule has 0 bridgehead atoms. The van der Waals surface area contributed by atoms with Crippen molar-refractivity contribution in [2.75, 3.05) is 26.4 Å². The fourth-order valence-corrected chi connectivity index (χ4v) is 1.99. The quantitative estimate of drug-likeness (QED) is 0.209. The van der Waals surface area contributed by atoms with Crippen LogP contribution >= 0.6 is 0 Å². The molecule has 0 spiro atoms. The Hall–Kier alpha value is -2.29. The Kier molecular flexibility index (Phi) is 12.9. The SMILES string of the molecule is CC(CO)(CO)NC=C1C=CC=CC1=O.CC(CO)(CO)NC=C1C=CC=CC1=O.[Ni].